The summed E-state index contributed by atoms with van der Waals surface area (Å²) >= 11 is 0. The van der Waals surface area contributed by atoms with Gasteiger partial charge in [-0.2, -0.15) is 0 Å². The molecular weight excluding hydrogens is 271 g/mol. The molecule has 0 N–H and O–H groups in total. The summed E-state index contributed by atoms with van der Waals surface area (Å²) in [6, 6.07) is 0. The zero-order valence-corrected chi connectivity index (χ0v) is 14.2. The van der Waals surface area contributed by atoms with E-state index in [1.807, 2.05) is 0 Å². The first-order valence-electron chi connectivity index (χ1n) is 8.13. The molecule has 0 aromatic heterocycles. The first-order chi connectivity index (χ1) is 9.66. The summed E-state index contributed by atoms with van der Waals surface area (Å²) in [5, 5.41) is 0. The van der Waals surface area contributed by atoms with Gasteiger partial charge in [-0.25, -0.2) is 0 Å². The van der Waals surface area contributed by atoms with Gasteiger partial charge < -0.3 is 4.52 Å². The largest absolute Gasteiger partial charge is 0.440 e. The van der Waals surface area contributed by atoms with Crippen LogP contribution in [0.1, 0.15) is 90.9 Å². The molecule has 0 aliphatic rings. The van der Waals surface area contributed by atoms with Gasteiger partial charge in [0, 0.05) is 13.3 Å². The third-order valence-electron chi connectivity index (χ3n) is 3.32. The van der Waals surface area contributed by atoms with Crippen LogP contribution in [0.4, 0.5) is 0 Å². The maximum atomic E-state index is 11.3. The average molecular weight is 302 g/mol. The van der Waals surface area contributed by atoms with Crippen molar-refractivity contribution in [1.82, 2.24) is 0 Å². The van der Waals surface area contributed by atoms with Gasteiger partial charge in [-0.3, -0.25) is 9.59 Å². The molecule has 0 heterocycles. The number of hydrogen-bond donors (Lipinski definition) is 0. The van der Waals surface area contributed by atoms with Gasteiger partial charge in [-0.1, -0.05) is 71.1 Å². The minimum absolute atomic E-state index is 0.0659. The first-order valence-corrected chi connectivity index (χ1v) is 9.04. The molecule has 0 fully saturated rings. The molecule has 0 aromatic carbocycles. The lowest BCUT2D eigenvalue weighted by Crippen LogP contribution is -1.95. The molecule has 20 heavy (non-hydrogen) atoms. The Labute approximate surface area is 126 Å². The Morgan fingerprint density at radius 3 is 1.70 bits per heavy atom. The van der Waals surface area contributed by atoms with E-state index in [2.05, 4.69) is 6.92 Å². The smallest absolute Gasteiger partial charge is 0.305 e. The second kappa shape index (κ2) is 15.0. The van der Waals surface area contributed by atoms with Crippen LogP contribution in [-0.2, 0) is 14.1 Å². The molecule has 4 heteroatoms. The lowest BCUT2D eigenvalue weighted by atomic mass is 10.1. The fourth-order valence-corrected chi connectivity index (χ4v) is 2.67. The normalized spacial score (nSPS) is 11.1. The molecule has 0 aliphatic carbocycles. The summed E-state index contributed by atoms with van der Waals surface area (Å²) in [7, 11) is -0.290. The van der Waals surface area contributed by atoms with E-state index in [0.29, 0.717) is 6.42 Å². The molecule has 0 bridgehead atoms. The fraction of sp³-hybridized carbons (Fsp3) is 0.875. The molecule has 0 saturated heterocycles. The standard InChI is InChI=1S/C16H31O3P/c1-3-4-5-6-7-8-9-10-11-12-13-14-16(18)20-19-15(2)17/h20H,3-14H2,1-2H3. The van der Waals surface area contributed by atoms with E-state index >= 15 is 0 Å². The van der Waals surface area contributed by atoms with Crippen molar-refractivity contribution in [1.29, 1.82) is 0 Å². The van der Waals surface area contributed by atoms with E-state index in [9.17, 15) is 9.59 Å². The number of carbonyl (C=O) groups is 2. The predicted octanol–water partition coefficient (Wildman–Crippen LogP) is 5.37. The van der Waals surface area contributed by atoms with Crippen molar-refractivity contribution in [2.24, 2.45) is 0 Å². The Balaban J connectivity index is 3.12. The Hall–Kier alpha value is -0.430. The van der Waals surface area contributed by atoms with Gasteiger partial charge in [0.15, 0.2) is 5.52 Å². The van der Waals surface area contributed by atoms with E-state index < -0.39 is 0 Å². The van der Waals surface area contributed by atoms with Gasteiger partial charge in [0.1, 0.15) is 8.81 Å². The Morgan fingerprint density at radius 2 is 1.25 bits per heavy atom. The van der Waals surface area contributed by atoms with E-state index in [1.54, 1.807) is 0 Å². The van der Waals surface area contributed by atoms with Gasteiger partial charge in [-0.15, -0.1) is 0 Å². The summed E-state index contributed by atoms with van der Waals surface area (Å²) in [6.45, 7) is 3.58. The van der Waals surface area contributed by atoms with Gasteiger partial charge in [0.2, 0.25) is 0 Å². The van der Waals surface area contributed by atoms with Crippen LogP contribution in [0.2, 0.25) is 0 Å². The van der Waals surface area contributed by atoms with E-state index in [4.69, 9.17) is 4.52 Å². The number of rotatable bonds is 14. The molecule has 0 spiro atoms. The van der Waals surface area contributed by atoms with Crippen molar-refractivity contribution >= 4 is 20.3 Å². The quantitative estimate of drug-likeness (QED) is 0.320. The maximum Gasteiger partial charge on any atom is 0.305 e. The molecule has 3 nitrogen and oxygen atoms in total. The third kappa shape index (κ3) is 15.6. The minimum atomic E-state index is -0.365. The molecule has 1 atom stereocenters. The average Bonchev–Trinajstić information content (AvgIpc) is 2.42. The highest BCUT2D eigenvalue weighted by Gasteiger charge is 2.04. The van der Waals surface area contributed by atoms with Gasteiger partial charge >= 0.3 is 5.97 Å². The van der Waals surface area contributed by atoms with Crippen LogP contribution in [-0.4, -0.2) is 11.5 Å². The second-order valence-electron chi connectivity index (χ2n) is 5.40. The summed E-state index contributed by atoms with van der Waals surface area (Å²) in [5.41, 5.74) is 0.0659. The Bertz CT molecular complexity index is 254. The van der Waals surface area contributed by atoms with Crippen LogP contribution in [0.3, 0.4) is 0 Å². The summed E-state index contributed by atoms with van der Waals surface area (Å²) < 4.78 is 4.69. The van der Waals surface area contributed by atoms with Gasteiger partial charge in [0.25, 0.3) is 0 Å². The molecule has 0 amide bonds. The van der Waals surface area contributed by atoms with Crippen molar-refractivity contribution in [3.05, 3.63) is 0 Å². The topological polar surface area (TPSA) is 43.4 Å². The highest BCUT2D eigenvalue weighted by Crippen LogP contribution is 2.18. The molecule has 0 saturated carbocycles. The van der Waals surface area contributed by atoms with Crippen molar-refractivity contribution in [3.8, 4) is 0 Å². The Morgan fingerprint density at radius 1 is 0.800 bits per heavy atom. The second-order valence-corrected chi connectivity index (χ2v) is 6.37. The van der Waals surface area contributed by atoms with Crippen molar-refractivity contribution in [2.45, 2.75) is 90.9 Å². The fourth-order valence-electron chi connectivity index (χ4n) is 2.13. The maximum absolute atomic E-state index is 11.3. The molecule has 0 aromatic rings. The van der Waals surface area contributed by atoms with Crippen molar-refractivity contribution in [3.63, 3.8) is 0 Å². The third-order valence-corrected chi connectivity index (χ3v) is 4.18. The lowest BCUT2D eigenvalue weighted by Gasteiger charge is -2.03. The highest BCUT2D eigenvalue weighted by molar-refractivity contribution is 7.53. The van der Waals surface area contributed by atoms with E-state index in [1.165, 1.54) is 64.7 Å². The van der Waals surface area contributed by atoms with Crippen LogP contribution in [0.15, 0.2) is 0 Å². The van der Waals surface area contributed by atoms with Crippen LogP contribution < -0.4 is 0 Å². The summed E-state index contributed by atoms with van der Waals surface area (Å²) in [6.07, 6.45) is 14.7. The number of unbranched alkanes of at least 4 members (excludes halogenated alkanes) is 10. The van der Waals surface area contributed by atoms with Crippen LogP contribution in [0.5, 0.6) is 0 Å². The zero-order valence-electron chi connectivity index (χ0n) is 13.2. The molecule has 1 unspecified atom stereocenters. The number of hydrogen-bond acceptors (Lipinski definition) is 3. The summed E-state index contributed by atoms with van der Waals surface area (Å²) in [4.78, 5) is 21.9. The molecule has 118 valence electrons. The van der Waals surface area contributed by atoms with Gasteiger partial charge in [-0.05, 0) is 6.42 Å². The molecule has 0 radical (unpaired) electrons. The monoisotopic (exact) mass is 302 g/mol. The lowest BCUT2D eigenvalue weighted by molar-refractivity contribution is -0.131. The summed E-state index contributed by atoms with van der Waals surface area (Å²) in [5.74, 6) is -0.365. The zero-order chi connectivity index (χ0) is 15.1. The Kier molecular flexibility index (Phi) is 14.6. The van der Waals surface area contributed by atoms with Crippen molar-refractivity contribution < 1.29 is 14.1 Å². The minimum Gasteiger partial charge on any atom is -0.440 e. The predicted molar refractivity (Wildman–Crippen MR) is 86.2 cm³/mol. The molecular formula is C16H31O3P. The van der Waals surface area contributed by atoms with Crippen molar-refractivity contribution in [2.75, 3.05) is 0 Å². The van der Waals surface area contributed by atoms with Crippen LogP contribution in [0.25, 0.3) is 0 Å². The van der Waals surface area contributed by atoms with E-state index in [-0.39, 0.29) is 20.3 Å². The molecule has 0 rings (SSSR count). The highest BCUT2D eigenvalue weighted by atomic mass is 31.1. The van der Waals surface area contributed by atoms with Crippen LogP contribution >= 0.6 is 8.81 Å². The van der Waals surface area contributed by atoms with E-state index in [0.717, 1.165) is 12.8 Å². The van der Waals surface area contributed by atoms with Crippen LogP contribution in [0, 0.1) is 0 Å². The SMILES string of the molecule is CCCCCCCCCCCCCC(=O)POC(C)=O. The van der Waals surface area contributed by atoms with Gasteiger partial charge in [0.05, 0.1) is 0 Å². The first kappa shape index (κ1) is 19.6. The number of carbonyl (C=O) groups excluding carboxylic acids is 2. The molecule has 0 aliphatic heterocycles.